The zero-order valence-electron chi connectivity index (χ0n) is 15.7. The first-order valence-corrected chi connectivity index (χ1v) is 9.28. The molecule has 0 saturated heterocycles. The highest BCUT2D eigenvalue weighted by molar-refractivity contribution is 6.01. The first-order valence-electron chi connectivity index (χ1n) is 9.28. The summed E-state index contributed by atoms with van der Waals surface area (Å²) < 4.78 is 7.19. The van der Waals surface area contributed by atoms with E-state index in [-0.39, 0.29) is 18.2 Å². The van der Waals surface area contributed by atoms with Crippen molar-refractivity contribution in [2.24, 2.45) is 5.92 Å². The van der Waals surface area contributed by atoms with Crippen LogP contribution in [0.25, 0.3) is 11.0 Å². The summed E-state index contributed by atoms with van der Waals surface area (Å²) in [5.74, 6) is -0.110. The monoisotopic (exact) mass is 378 g/mol. The Kier molecular flexibility index (Phi) is 5.08. The molecule has 2 aromatic carbocycles. The summed E-state index contributed by atoms with van der Waals surface area (Å²) in [5.41, 5.74) is 2.52. The number of benzene rings is 2. The lowest BCUT2D eigenvalue weighted by Gasteiger charge is -2.32. The van der Waals surface area contributed by atoms with E-state index >= 15 is 0 Å². The molecule has 0 aliphatic carbocycles. The van der Waals surface area contributed by atoms with E-state index < -0.39 is 5.92 Å². The van der Waals surface area contributed by atoms with Crippen molar-refractivity contribution in [2.45, 2.75) is 13.0 Å². The van der Waals surface area contributed by atoms with Crippen molar-refractivity contribution < 1.29 is 14.3 Å². The number of anilines is 2. The van der Waals surface area contributed by atoms with Crippen LogP contribution in [0, 0.1) is 5.92 Å². The van der Waals surface area contributed by atoms with E-state index in [1.165, 1.54) is 0 Å². The number of ether oxygens (including phenoxy) is 1. The molecule has 0 fully saturated rings. The van der Waals surface area contributed by atoms with Crippen LogP contribution in [0.1, 0.15) is 6.42 Å². The van der Waals surface area contributed by atoms with Gasteiger partial charge in [-0.25, -0.2) is 4.98 Å². The first-order chi connectivity index (χ1) is 13.7. The third kappa shape index (κ3) is 3.48. The molecule has 2 heterocycles. The number of carbonyl (C=O) groups excluding carboxylic acids is 2. The number of aromatic nitrogens is 2. The van der Waals surface area contributed by atoms with Crippen LogP contribution < -0.4 is 10.2 Å². The van der Waals surface area contributed by atoms with Gasteiger partial charge in [0.25, 0.3) is 0 Å². The van der Waals surface area contributed by atoms with E-state index in [1.807, 2.05) is 59.2 Å². The van der Waals surface area contributed by atoms with Gasteiger partial charge in [-0.1, -0.05) is 30.3 Å². The fourth-order valence-corrected chi connectivity index (χ4v) is 3.57. The number of fused-ring (bicyclic) bond motifs is 3. The highest BCUT2D eigenvalue weighted by atomic mass is 16.5. The van der Waals surface area contributed by atoms with Crippen LogP contribution in [-0.4, -0.2) is 41.6 Å². The van der Waals surface area contributed by atoms with Gasteiger partial charge >= 0.3 is 0 Å². The Hall–Kier alpha value is -3.19. The fraction of sp³-hybridized carbons (Fsp3) is 0.286. The second-order valence-electron chi connectivity index (χ2n) is 6.81. The third-order valence-corrected chi connectivity index (χ3v) is 4.90. The molecule has 1 atom stereocenters. The number of nitrogens with one attached hydrogen (secondary N) is 1. The van der Waals surface area contributed by atoms with E-state index in [1.54, 1.807) is 12.0 Å². The number of carbonyl (C=O) groups is 2. The van der Waals surface area contributed by atoms with Crippen molar-refractivity contribution in [3.63, 3.8) is 0 Å². The number of hydrogen-bond acceptors (Lipinski definition) is 4. The zero-order chi connectivity index (χ0) is 19.5. The summed E-state index contributed by atoms with van der Waals surface area (Å²) in [4.78, 5) is 31.9. The van der Waals surface area contributed by atoms with Gasteiger partial charge in [0.1, 0.15) is 0 Å². The van der Waals surface area contributed by atoms with Gasteiger partial charge in [-0.05, 0) is 24.3 Å². The minimum Gasteiger partial charge on any atom is -0.383 e. The molecule has 2 amide bonds. The Morgan fingerprint density at radius 3 is 2.71 bits per heavy atom. The zero-order valence-corrected chi connectivity index (χ0v) is 15.7. The molecule has 7 heteroatoms. The lowest BCUT2D eigenvalue weighted by molar-refractivity contribution is -0.127. The maximum absolute atomic E-state index is 13.1. The average molecular weight is 378 g/mol. The molecule has 0 saturated carbocycles. The molecule has 1 aliphatic heterocycles. The van der Waals surface area contributed by atoms with E-state index in [2.05, 4.69) is 10.3 Å². The number of para-hydroxylation sites is 3. The quantitative estimate of drug-likeness (QED) is 0.715. The molecule has 1 N–H and O–H groups in total. The summed E-state index contributed by atoms with van der Waals surface area (Å²) in [5, 5.41) is 2.86. The van der Waals surface area contributed by atoms with Crippen molar-refractivity contribution in [1.82, 2.24) is 9.55 Å². The summed E-state index contributed by atoms with van der Waals surface area (Å²) in [6, 6.07) is 17.0. The van der Waals surface area contributed by atoms with Crippen molar-refractivity contribution in [3.8, 4) is 0 Å². The minimum absolute atomic E-state index is 0.0944. The number of imidazole rings is 1. The fourth-order valence-electron chi connectivity index (χ4n) is 3.57. The minimum atomic E-state index is -0.453. The number of nitrogens with zero attached hydrogens (tertiary/aromatic N) is 3. The smallest absolute Gasteiger partial charge is 0.234 e. The van der Waals surface area contributed by atoms with E-state index in [4.69, 9.17) is 4.74 Å². The van der Waals surface area contributed by atoms with Crippen molar-refractivity contribution in [2.75, 3.05) is 30.5 Å². The molecule has 0 spiro atoms. The van der Waals surface area contributed by atoms with E-state index in [9.17, 15) is 9.59 Å². The van der Waals surface area contributed by atoms with Gasteiger partial charge in [-0.15, -0.1) is 0 Å². The molecule has 3 aromatic rings. The summed E-state index contributed by atoms with van der Waals surface area (Å²) in [6.07, 6.45) is 0.114. The normalized spacial score (nSPS) is 16.2. The number of amides is 2. The molecule has 1 aliphatic rings. The van der Waals surface area contributed by atoms with Gasteiger partial charge in [0.05, 0.1) is 30.1 Å². The van der Waals surface area contributed by atoms with Gasteiger partial charge in [0.2, 0.25) is 17.8 Å². The maximum atomic E-state index is 13.1. The van der Waals surface area contributed by atoms with Gasteiger partial charge in [0, 0.05) is 25.8 Å². The largest absolute Gasteiger partial charge is 0.383 e. The Balaban J connectivity index is 1.60. The van der Waals surface area contributed by atoms with Crippen LogP contribution in [0.15, 0.2) is 54.6 Å². The molecule has 7 nitrogen and oxygen atoms in total. The highest BCUT2D eigenvalue weighted by Gasteiger charge is 2.36. The van der Waals surface area contributed by atoms with Crippen molar-refractivity contribution >= 4 is 34.5 Å². The predicted molar refractivity (Wildman–Crippen MR) is 107 cm³/mol. The van der Waals surface area contributed by atoms with Crippen LogP contribution in [-0.2, 0) is 20.9 Å². The SMILES string of the molecule is COCCN1C(=O)C(CC(=O)Nc2ccccc2)Cn2c1nc1ccccc12. The topological polar surface area (TPSA) is 76.5 Å². The summed E-state index contributed by atoms with van der Waals surface area (Å²) >= 11 is 0. The van der Waals surface area contributed by atoms with Crippen LogP contribution in [0.5, 0.6) is 0 Å². The molecule has 0 radical (unpaired) electrons. The first kappa shape index (κ1) is 18.2. The second kappa shape index (κ2) is 7.82. The van der Waals surface area contributed by atoms with Crippen LogP contribution in [0.2, 0.25) is 0 Å². The Labute approximate surface area is 162 Å². The van der Waals surface area contributed by atoms with Gasteiger partial charge < -0.3 is 14.6 Å². The molecule has 1 aromatic heterocycles. The molecule has 0 bridgehead atoms. The maximum Gasteiger partial charge on any atom is 0.234 e. The van der Waals surface area contributed by atoms with Crippen LogP contribution >= 0.6 is 0 Å². The van der Waals surface area contributed by atoms with Crippen LogP contribution in [0.4, 0.5) is 11.6 Å². The lowest BCUT2D eigenvalue weighted by Crippen LogP contribution is -2.46. The number of hydrogen-bond donors (Lipinski definition) is 1. The van der Waals surface area contributed by atoms with Crippen molar-refractivity contribution in [1.29, 1.82) is 0 Å². The molecular formula is C21H22N4O3. The predicted octanol–water partition coefficient (Wildman–Crippen LogP) is 2.67. The molecule has 144 valence electrons. The van der Waals surface area contributed by atoms with Gasteiger partial charge in [-0.2, -0.15) is 0 Å². The molecule has 28 heavy (non-hydrogen) atoms. The number of rotatable bonds is 6. The number of methoxy groups -OCH3 is 1. The Morgan fingerprint density at radius 1 is 1.18 bits per heavy atom. The highest BCUT2D eigenvalue weighted by Crippen LogP contribution is 2.30. The summed E-state index contributed by atoms with van der Waals surface area (Å²) in [6.45, 7) is 1.23. The second-order valence-corrected chi connectivity index (χ2v) is 6.81. The standard InChI is InChI=1S/C21H22N4O3/c1-28-12-11-24-20(27)15(13-19(26)22-16-7-3-2-4-8-16)14-25-18-10-6-5-9-17(18)23-21(24)25/h2-10,15H,11-14H2,1H3,(H,22,26). The summed E-state index contributed by atoms with van der Waals surface area (Å²) in [7, 11) is 1.60. The molecule has 1 unspecified atom stereocenters. The molecular weight excluding hydrogens is 356 g/mol. The Morgan fingerprint density at radius 2 is 1.93 bits per heavy atom. The lowest BCUT2D eigenvalue weighted by atomic mass is 10.0. The van der Waals surface area contributed by atoms with E-state index in [0.717, 1.165) is 16.7 Å². The third-order valence-electron chi connectivity index (χ3n) is 4.90. The van der Waals surface area contributed by atoms with E-state index in [0.29, 0.717) is 25.6 Å². The van der Waals surface area contributed by atoms with Gasteiger partial charge in [-0.3, -0.25) is 14.5 Å². The van der Waals surface area contributed by atoms with Crippen LogP contribution in [0.3, 0.4) is 0 Å². The average Bonchev–Trinajstić information content (AvgIpc) is 3.07. The molecule has 4 rings (SSSR count). The van der Waals surface area contributed by atoms with Crippen molar-refractivity contribution in [3.05, 3.63) is 54.6 Å². The Bertz CT molecular complexity index is 999. The van der Waals surface area contributed by atoms with Gasteiger partial charge in [0.15, 0.2) is 0 Å².